The lowest BCUT2D eigenvalue weighted by molar-refractivity contribution is -0.139. The lowest BCUT2D eigenvalue weighted by Gasteiger charge is -2.43. The maximum absolute atomic E-state index is 13.6. The second kappa shape index (κ2) is 7.29. The minimum absolute atomic E-state index is 0.00206. The van der Waals surface area contributed by atoms with Crippen LogP contribution in [0.1, 0.15) is 30.9 Å². The van der Waals surface area contributed by atoms with E-state index in [2.05, 4.69) is 10.5 Å². The van der Waals surface area contributed by atoms with Crippen LogP contribution in [0.4, 0.5) is 9.18 Å². The normalized spacial score (nSPS) is 25.8. The van der Waals surface area contributed by atoms with E-state index in [0.717, 1.165) is 25.0 Å². The molecule has 4 heterocycles. The molecule has 0 bridgehead atoms. The molecular weight excluding hydrogens is 379 g/mol. The van der Waals surface area contributed by atoms with Crippen molar-refractivity contribution in [1.29, 1.82) is 0 Å². The van der Waals surface area contributed by atoms with Gasteiger partial charge in [-0.1, -0.05) is 5.16 Å². The van der Waals surface area contributed by atoms with E-state index in [0.29, 0.717) is 37.1 Å². The highest BCUT2D eigenvalue weighted by molar-refractivity contribution is 5.80. The molecule has 0 aliphatic carbocycles. The molecule has 9 heteroatoms. The van der Waals surface area contributed by atoms with E-state index < -0.39 is 0 Å². The first-order valence-corrected chi connectivity index (χ1v) is 10.1. The summed E-state index contributed by atoms with van der Waals surface area (Å²) in [7, 11) is 0. The van der Waals surface area contributed by atoms with E-state index in [1.54, 1.807) is 11.0 Å². The van der Waals surface area contributed by atoms with E-state index in [9.17, 15) is 14.0 Å². The summed E-state index contributed by atoms with van der Waals surface area (Å²) in [6.45, 7) is 2.43. The fraction of sp³-hybridized carbons (Fsp3) is 0.550. The molecule has 29 heavy (non-hydrogen) atoms. The highest BCUT2D eigenvalue weighted by Crippen LogP contribution is 2.33. The van der Waals surface area contributed by atoms with Crippen molar-refractivity contribution in [2.24, 2.45) is 0 Å². The van der Waals surface area contributed by atoms with Crippen LogP contribution in [-0.4, -0.2) is 71.8 Å². The predicted octanol–water partition coefficient (Wildman–Crippen LogP) is 1.86. The van der Waals surface area contributed by atoms with Gasteiger partial charge in [0, 0.05) is 37.5 Å². The summed E-state index contributed by atoms with van der Waals surface area (Å²) in [5.41, 5.74) is 1.36. The number of amides is 3. The Morgan fingerprint density at radius 2 is 1.97 bits per heavy atom. The van der Waals surface area contributed by atoms with Crippen LogP contribution in [0.3, 0.4) is 0 Å². The number of piperidine rings is 2. The van der Waals surface area contributed by atoms with Crippen LogP contribution in [0, 0.1) is 5.82 Å². The van der Waals surface area contributed by atoms with Crippen LogP contribution in [-0.2, 0) is 9.53 Å². The lowest BCUT2D eigenvalue weighted by Crippen LogP contribution is -2.62. The number of nitrogens with zero attached hydrogens (tertiary/aromatic N) is 3. The molecule has 1 N–H and O–H groups in total. The van der Waals surface area contributed by atoms with Gasteiger partial charge in [-0.3, -0.25) is 4.79 Å². The molecule has 8 nitrogen and oxygen atoms in total. The summed E-state index contributed by atoms with van der Waals surface area (Å²) in [5.74, 6) is -0.298. The van der Waals surface area contributed by atoms with Gasteiger partial charge in [-0.25, -0.2) is 9.18 Å². The summed E-state index contributed by atoms with van der Waals surface area (Å²) < 4.78 is 24.5. The Labute approximate surface area is 166 Å². The van der Waals surface area contributed by atoms with Crippen molar-refractivity contribution < 1.29 is 23.2 Å². The summed E-state index contributed by atoms with van der Waals surface area (Å²) in [5, 5.41) is 7.80. The Morgan fingerprint density at radius 1 is 1.17 bits per heavy atom. The third kappa shape index (κ3) is 3.43. The van der Waals surface area contributed by atoms with Gasteiger partial charge in [0.25, 0.3) is 0 Å². The number of likely N-dealkylation sites (tertiary alicyclic amines) is 2. The van der Waals surface area contributed by atoms with Gasteiger partial charge in [0.15, 0.2) is 5.58 Å². The molecule has 1 aromatic heterocycles. The Morgan fingerprint density at radius 3 is 2.79 bits per heavy atom. The third-order valence-electron chi connectivity index (χ3n) is 6.21. The van der Waals surface area contributed by atoms with Gasteiger partial charge in [0.05, 0.1) is 17.8 Å². The molecule has 5 rings (SSSR count). The van der Waals surface area contributed by atoms with Crippen molar-refractivity contribution in [1.82, 2.24) is 20.3 Å². The summed E-state index contributed by atoms with van der Waals surface area (Å²) in [4.78, 5) is 28.2. The van der Waals surface area contributed by atoms with E-state index in [4.69, 9.17) is 9.26 Å². The Bertz CT molecular complexity index is 940. The van der Waals surface area contributed by atoms with Crippen molar-refractivity contribution in [3.8, 4) is 0 Å². The average Bonchev–Trinajstić information content (AvgIpc) is 3.16. The first-order valence-electron chi connectivity index (χ1n) is 10.1. The van der Waals surface area contributed by atoms with Crippen LogP contribution < -0.4 is 5.32 Å². The molecular formula is C20H23FN4O4. The molecule has 3 saturated heterocycles. The minimum Gasteiger partial charge on any atom is -0.366 e. The Kier molecular flexibility index (Phi) is 4.61. The number of urea groups is 1. The number of hydrogen-bond donors (Lipinski definition) is 1. The van der Waals surface area contributed by atoms with Crippen LogP contribution in [0.2, 0.25) is 0 Å². The highest BCUT2D eigenvalue weighted by atomic mass is 19.1. The number of rotatable bonds is 1. The average molecular weight is 402 g/mol. The number of carbonyl (C=O) groups is 2. The topological polar surface area (TPSA) is 87.9 Å². The SMILES string of the molecule is O=C1CO[C@H]2CCN(C(=O)N3CCC(c4noc5ccc(F)cc45)CC3)C[C@H]2N1. The molecule has 3 aliphatic heterocycles. The van der Waals surface area contributed by atoms with Gasteiger partial charge in [-0.05, 0) is 37.5 Å². The van der Waals surface area contributed by atoms with Crippen molar-refractivity contribution in [3.05, 3.63) is 29.7 Å². The van der Waals surface area contributed by atoms with Crippen LogP contribution in [0.15, 0.2) is 22.7 Å². The number of ether oxygens (including phenoxy) is 1. The molecule has 3 fully saturated rings. The van der Waals surface area contributed by atoms with Gasteiger partial charge < -0.3 is 24.4 Å². The number of aromatic nitrogens is 1. The fourth-order valence-corrected chi connectivity index (χ4v) is 4.64. The minimum atomic E-state index is -0.309. The van der Waals surface area contributed by atoms with E-state index in [1.807, 2.05) is 4.90 Å². The highest BCUT2D eigenvalue weighted by Gasteiger charge is 2.38. The van der Waals surface area contributed by atoms with Crippen molar-refractivity contribution in [2.75, 3.05) is 32.8 Å². The summed E-state index contributed by atoms with van der Waals surface area (Å²) in [6, 6.07) is 4.28. The van der Waals surface area contributed by atoms with Gasteiger partial charge in [0.1, 0.15) is 12.4 Å². The van der Waals surface area contributed by atoms with Crippen LogP contribution in [0.5, 0.6) is 0 Å². The summed E-state index contributed by atoms with van der Waals surface area (Å²) >= 11 is 0. The van der Waals surface area contributed by atoms with E-state index in [1.165, 1.54) is 12.1 Å². The van der Waals surface area contributed by atoms with E-state index in [-0.39, 0.29) is 42.4 Å². The molecule has 2 atom stereocenters. The van der Waals surface area contributed by atoms with Crippen molar-refractivity contribution in [3.63, 3.8) is 0 Å². The molecule has 0 saturated carbocycles. The smallest absolute Gasteiger partial charge is 0.320 e. The quantitative estimate of drug-likeness (QED) is 0.787. The summed E-state index contributed by atoms with van der Waals surface area (Å²) in [6.07, 6.45) is 2.22. The van der Waals surface area contributed by atoms with Gasteiger partial charge in [-0.2, -0.15) is 0 Å². The van der Waals surface area contributed by atoms with Crippen LogP contribution in [0.25, 0.3) is 11.0 Å². The maximum Gasteiger partial charge on any atom is 0.320 e. The predicted molar refractivity (Wildman–Crippen MR) is 101 cm³/mol. The van der Waals surface area contributed by atoms with Crippen molar-refractivity contribution in [2.45, 2.75) is 37.3 Å². The number of halogens is 1. The number of hydrogen-bond acceptors (Lipinski definition) is 5. The standard InChI is InChI=1S/C20H23FN4O4/c21-13-1-2-16-14(9-13)19(23-29-16)12-3-6-24(7-4-12)20(27)25-8-5-17-15(10-25)22-18(26)11-28-17/h1-2,9,12,15,17H,3-8,10-11H2,(H,22,26)/t15-,17+/m1/s1. The van der Waals surface area contributed by atoms with Gasteiger partial charge >= 0.3 is 6.03 Å². The second-order valence-electron chi connectivity index (χ2n) is 8.01. The molecule has 2 aromatic rings. The monoisotopic (exact) mass is 402 g/mol. The third-order valence-corrected chi connectivity index (χ3v) is 6.21. The zero-order valence-corrected chi connectivity index (χ0v) is 16.0. The number of carbonyl (C=O) groups excluding carboxylic acids is 2. The molecule has 3 amide bonds. The molecule has 0 radical (unpaired) electrons. The first kappa shape index (κ1) is 18.4. The number of benzene rings is 1. The maximum atomic E-state index is 13.6. The molecule has 154 valence electrons. The zero-order valence-electron chi connectivity index (χ0n) is 16.0. The van der Waals surface area contributed by atoms with Crippen molar-refractivity contribution >= 4 is 22.9 Å². The first-order chi connectivity index (χ1) is 14.1. The molecule has 0 unspecified atom stereocenters. The second-order valence-corrected chi connectivity index (χ2v) is 8.01. The Balaban J connectivity index is 1.22. The number of fused-ring (bicyclic) bond motifs is 2. The molecule has 3 aliphatic rings. The molecule has 1 aromatic carbocycles. The lowest BCUT2D eigenvalue weighted by atomic mass is 9.91. The zero-order chi connectivity index (χ0) is 20.0. The van der Waals surface area contributed by atoms with E-state index >= 15 is 0 Å². The Hall–Kier alpha value is -2.68. The van der Waals surface area contributed by atoms with Gasteiger partial charge in [-0.15, -0.1) is 0 Å². The number of nitrogens with one attached hydrogen (secondary N) is 1. The molecule has 0 spiro atoms. The largest absolute Gasteiger partial charge is 0.366 e. The van der Waals surface area contributed by atoms with Crippen LogP contribution >= 0.6 is 0 Å². The fourth-order valence-electron chi connectivity index (χ4n) is 4.64. The van der Waals surface area contributed by atoms with Gasteiger partial charge in [0.2, 0.25) is 5.91 Å². The number of morpholine rings is 1.